The van der Waals surface area contributed by atoms with E-state index in [4.69, 9.17) is 13.8 Å². The average Bonchev–Trinajstić information content (AvgIpc) is 2.87. The fourth-order valence-corrected chi connectivity index (χ4v) is 3.21. The highest BCUT2D eigenvalue weighted by Gasteiger charge is 2.49. The van der Waals surface area contributed by atoms with E-state index in [0.29, 0.717) is 12.0 Å². The Morgan fingerprint density at radius 2 is 2.08 bits per heavy atom. The van der Waals surface area contributed by atoms with Gasteiger partial charge in [-0.25, -0.2) is 4.57 Å². The number of aliphatic hydroxyl groups is 2. The number of nitrogens with zero attached hydrogens (tertiary/aromatic N) is 1. The lowest BCUT2D eigenvalue weighted by atomic mass is 10.1. The van der Waals surface area contributed by atoms with Crippen LogP contribution in [0, 0.1) is 0 Å². The molecular formula is C15H23NO8P+. The zero-order valence-electron chi connectivity index (χ0n) is 14.0. The van der Waals surface area contributed by atoms with Crippen LogP contribution in [-0.2, 0) is 18.3 Å². The van der Waals surface area contributed by atoms with Crippen LogP contribution in [0.15, 0.2) is 24.5 Å². The number of ketones is 1. The summed E-state index contributed by atoms with van der Waals surface area (Å²) in [7, 11) is -4.24. The topological polar surface area (TPSA) is 126 Å². The van der Waals surface area contributed by atoms with Gasteiger partial charge in [-0.1, -0.05) is 6.92 Å². The standard InChI is InChI=1S/C15H22NO8P/c1-3-7-22-25(20,21)23-9-12-13(18)14(19)15(24-12)16-6-4-5-11(8-16)10(2)17/h4-6,8,12-15,18-19H,3,7,9H2,1-2H3/p+1/t12-,13-,14-,15?/m1/s1. The van der Waals surface area contributed by atoms with E-state index in [-0.39, 0.29) is 12.4 Å². The van der Waals surface area contributed by atoms with Gasteiger partial charge in [-0.2, -0.15) is 4.57 Å². The van der Waals surface area contributed by atoms with Gasteiger partial charge in [0, 0.05) is 6.07 Å². The number of ether oxygens (including phenoxy) is 1. The molecule has 0 amide bonds. The first-order valence-electron chi connectivity index (χ1n) is 7.90. The summed E-state index contributed by atoms with van der Waals surface area (Å²) in [6, 6.07) is 3.23. The number of hydrogen-bond acceptors (Lipinski definition) is 7. The zero-order chi connectivity index (χ0) is 18.6. The van der Waals surface area contributed by atoms with Crippen molar-refractivity contribution in [2.75, 3.05) is 13.2 Å². The highest BCUT2D eigenvalue weighted by Crippen LogP contribution is 2.44. The molecule has 3 N–H and O–H groups in total. The molecule has 1 aliphatic heterocycles. The second kappa shape index (κ2) is 8.46. The number of phosphoric ester groups is 1. The lowest BCUT2D eigenvalue weighted by Crippen LogP contribution is -2.46. The van der Waals surface area contributed by atoms with Crippen molar-refractivity contribution in [3.8, 4) is 0 Å². The lowest BCUT2D eigenvalue weighted by Gasteiger charge is -2.16. The number of Topliss-reactive ketones (excluding diaryl/α,β-unsaturated/α-hetero) is 1. The van der Waals surface area contributed by atoms with Gasteiger partial charge in [0.05, 0.1) is 18.8 Å². The molecule has 10 heteroatoms. The molecule has 0 bridgehead atoms. The Hall–Kier alpha value is -1.19. The van der Waals surface area contributed by atoms with Gasteiger partial charge in [0.15, 0.2) is 24.3 Å². The van der Waals surface area contributed by atoms with Crippen molar-refractivity contribution < 1.29 is 42.8 Å². The van der Waals surface area contributed by atoms with Gasteiger partial charge in [0.2, 0.25) is 0 Å². The quantitative estimate of drug-likeness (QED) is 0.337. The molecule has 2 unspecified atom stereocenters. The zero-order valence-corrected chi connectivity index (χ0v) is 14.9. The molecule has 1 aliphatic rings. The van der Waals surface area contributed by atoms with Crippen LogP contribution in [0.25, 0.3) is 0 Å². The summed E-state index contributed by atoms with van der Waals surface area (Å²) >= 11 is 0. The molecule has 0 saturated carbocycles. The minimum Gasteiger partial charge on any atom is -0.387 e. The summed E-state index contributed by atoms with van der Waals surface area (Å²) in [5.74, 6) is -0.156. The highest BCUT2D eigenvalue weighted by atomic mass is 31.2. The monoisotopic (exact) mass is 376 g/mol. The van der Waals surface area contributed by atoms with Gasteiger partial charge >= 0.3 is 7.82 Å². The minimum atomic E-state index is -4.24. The number of carbonyl (C=O) groups excluding carboxylic acids is 1. The Kier molecular flexibility index (Phi) is 6.81. The molecule has 0 aliphatic carbocycles. The van der Waals surface area contributed by atoms with Crippen molar-refractivity contribution in [2.24, 2.45) is 0 Å². The van der Waals surface area contributed by atoms with Crippen LogP contribution in [0.5, 0.6) is 0 Å². The Bertz CT molecular complexity index is 654. The smallest absolute Gasteiger partial charge is 0.387 e. The third kappa shape index (κ3) is 5.15. The first-order chi connectivity index (χ1) is 11.7. The lowest BCUT2D eigenvalue weighted by molar-refractivity contribution is -0.765. The van der Waals surface area contributed by atoms with Gasteiger partial charge in [0.25, 0.3) is 6.23 Å². The van der Waals surface area contributed by atoms with Crippen LogP contribution in [0.3, 0.4) is 0 Å². The summed E-state index contributed by atoms with van der Waals surface area (Å²) < 4.78 is 28.2. The molecule has 0 spiro atoms. The van der Waals surface area contributed by atoms with Gasteiger partial charge in [-0.3, -0.25) is 13.8 Å². The predicted molar refractivity (Wildman–Crippen MR) is 84.6 cm³/mol. The van der Waals surface area contributed by atoms with Crippen LogP contribution in [-0.4, -0.2) is 52.4 Å². The summed E-state index contributed by atoms with van der Waals surface area (Å²) in [5.41, 5.74) is 0.417. The molecule has 1 aromatic rings. The van der Waals surface area contributed by atoms with E-state index in [0.717, 1.165) is 0 Å². The number of rotatable bonds is 8. The summed E-state index contributed by atoms with van der Waals surface area (Å²) in [4.78, 5) is 21.0. The molecule has 5 atom stereocenters. The molecular weight excluding hydrogens is 353 g/mol. The SMILES string of the molecule is CCCOP(=O)(O)OC[C@H]1OC([n+]2cccc(C(C)=O)c2)[C@H](O)[C@@H]1O. The summed E-state index contributed by atoms with van der Waals surface area (Å²) in [6.45, 7) is 2.81. The van der Waals surface area contributed by atoms with E-state index in [1.54, 1.807) is 25.3 Å². The first-order valence-corrected chi connectivity index (χ1v) is 9.40. The van der Waals surface area contributed by atoms with E-state index >= 15 is 0 Å². The summed E-state index contributed by atoms with van der Waals surface area (Å²) in [5, 5.41) is 20.3. The van der Waals surface area contributed by atoms with E-state index in [1.807, 2.05) is 0 Å². The second-order valence-corrected chi connectivity index (χ2v) is 7.19. The molecule has 2 heterocycles. The maximum absolute atomic E-state index is 11.7. The van der Waals surface area contributed by atoms with Crippen molar-refractivity contribution in [3.63, 3.8) is 0 Å². The molecule has 9 nitrogen and oxygen atoms in total. The predicted octanol–water partition coefficient (Wildman–Crippen LogP) is 0.339. The van der Waals surface area contributed by atoms with E-state index in [1.165, 1.54) is 17.7 Å². The number of aromatic nitrogens is 1. The second-order valence-electron chi connectivity index (χ2n) is 5.74. The number of aliphatic hydroxyl groups excluding tert-OH is 2. The van der Waals surface area contributed by atoms with Crippen LogP contribution < -0.4 is 4.57 Å². The third-order valence-electron chi connectivity index (χ3n) is 3.72. The Labute approximate surface area is 145 Å². The molecule has 0 radical (unpaired) electrons. The van der Waals surface area contributed by atoms with Crippen LogP contribution in [0.2, 0.25) is 0 Å². The molecule has 140 valence electrons. The van der Waals surface area contributed by atoms with Crippen LogP contribution in [0.4, 0.5) is 0 Å². The Morgan fingerprint density at radius 1 is 1.36 bits per heavy atom. The number of pyridine rings is 1. The maximum Gasteiger partial charge on any atom is 0.472 e. The highest BCUT2D eigenvalue weighted by molar-refractivity contribution is 7.47. The van der Waals surface area contributed by atoms with Crippen molar-refractivity contribution in [3.05, 3.63) is 30.1 Å². The van der Waals surface area contributed by atoms with Crippen molar-refractivity contribution >= 4 is 13.6 Å². The van der Waals surface area contributed by atoms with Gasteiger partial charge in [0.1, 0.15) is 12.2 Å². The van der Waals surface area contributed by atoms with Crippen LogP contribution >= 0.6 is 7.82 Å². The van der Waals surface area contributed by atoms with E-state index in [2.05, 4.69) is 0 Å². The molecule has 25 heavy (non-hydrogen) atoms. The maximum atomic E-state index is 11.7. The molecule has 1 aromatic heterocycles. The molecule has 1 saturated heterocycles. The van der Waals surface area contributed by atoms with E-state index < -0.39 is 39.0 Å². The van der Waals surface area contributed by atoms with Crippen LogP contribution in [0.1, 0.15) is 36.9 Å². The molecule has 1 fully saturated rings. The average molecular weight is 376 g/mol. The molecule has 0 aromatic carbocycles. The fraction of sp³-hybridized carbons (Fsp3) is 0.600. The largest absolute Gasteiger partial charge is 0.472 e. The number of hydrogen-bond donors (Lipinski definition) is 3. The Balaban J connectivity index is 2.04. The fourth-order valence-electron chi connectivity index (χ4n) is 2.38. The third-order valence-corrected chi connectivity index (χ3v) is 4.70. The number of phosphoric acid groups is 1. The van der Waals surface area contributed by atoms with Gasteiger partial charge in [-0.05, 0) is 19.4 Å². The van der Waals surface area contributed by atoms with Crippen molar-refractivity contribution in [2.45, 2.75) is 44.8 Å². The Morgan fingerprint density at radius 3 is 2.72 bits per heavy atom. The summed E-state index contributed by atoms with van der Waals surface area (Å²) in [6.07, 6.45) is -0.998. The van der Waals surface area contributed by atoms with Crippen molar-refractivity contribution in [1.29, 1.82) is 0 Å². The molecule has 2 rings (SSSR count). The van der Waals surface area contributed by atoms with Crippen molar-refractivity contribution in [1.82, 2.24) is 0 Å². The van der Waals surface area contributed by atoms with Gasteiger partial charge in [-0.15, -0.1) is 0 Å². The normalized spacial score (nSPS) is 28.7. The van der Waals surface area contributed by atoms with E-state index in [9.17, 15) is 24.5 Å². The first kappa shape index (κ1) is 20.1. The minimum absolute atomic E-state index is 0.0563. The number of carbonyl (C=O) groups is 1. The van der Waals surface area contributed by atoms with Gasteiger partial charge < -0.3 is 19.8 Å².